The van der Waals surface area contributed by atoms with E-state index in [0.717, 1.165) is 0 Å². The van der Waals surface area contributed by atoms with E-state index in [1.807, 2.05) is 0 Å². The molecule has 0 bridgehead atoms. The molecule has 0 radical (unpaired) electrons. The van der Waals surface area contributed by atoms with Gasteiger partial charge in [0.1, 0.15) is 5.75 Å². The van der Waals surface area contributed by atoms with Crippen LogP contribution in [-0.2, 0) is 17.9 Å². The molecule has 0 aliphatic carbocycles. The number of aromatic nitrogens is 3. The highest BCUT2D eigenvalue weighted by molar-refractivity contribution is 7.99. The van der Waals surface area contributed by atoms with E-state index in [-0.39, 0.29) is 29.8 Å². The number of non-ortho nitro benzene ring substituents is 1. The normalized spacial score (nSPS) is 10.5. The van der Waals surface area contributed by atoms with Gasteiger partial charge >= 0.3 is 0 Å². The van der Waals surface area contributed by atoms with Crippen LogP contribution in [0.1, 0.15) is 21.7 Å². The lowest BCUT2D eigenvalue weighted by Crippen LogP contribution is -2.24. The zero-order chi connectivity index (χ0) is 25.4. The Morgan fingerprint density at radius 2 is 1.97 bits per heavy atom. The van der Waals surface area contributed by atoms with Crippen molar-refractivity contribution in [3.05, 3.63) is 82.2 Å². The number of rotatable bonds is 11. The van der Waals surface area contributed by atoms with Crippen LogP contribution in [0.2, 0.25) is 0 Å². The summed E-state index contributed by atoms with van der Waals surface area (Å²) in [5, 5.41) is 25.2. The first-order valence-electron chi connectivity index (χ1n) is 10.4. The first-order valence-corrected chi connectivity index (χ1v) is 11.4. The van der Waals surface area contributed by atoms with Gasteiger partial charge in [0, 0.05) is 29.9 Å². The smallest absolute Gasteiger partial charge is 0.269 e. The molecule has 12 heteroatoms. The Morgan fingerprint density at radius 3 is 2.60 bits per heavy atom. The van der Waals surface area contributed by atoms with Crippen LogP contribution in [0, 0.1) is 17.0 Å². The first-order chi connectivity index (χ1) is 16.8. The minimum Gasteiger partial charge on any atom is -0.497 e. The Hall–Kier alpha value is -4.19. The molecule has 0 spiro atoms. The van der Waals surface area contributed by atoms with Crippen LogP contribution in [0.5, 0.6) is 5.75 Å². The van der Waals surface area contributed by atoms with Crippen molar-refractivity contribution in [1.29, 1.82) is 0 Å². The predicted molar refractivity (Wildman–Crippen MR) is 132 cm³/mol. The summed E-state index contributed by atoms with van der Waals surface area (Å²) in [6.45, 7) is 5.96. The number of nitro groups is 1. The van der Waals surface area contributed by atoms with E-state index in [1.165, 1.54) is 30.0 Å². The number of anilines is 1. The molecule has 0 fully saturated rings. The summed E-state index contributed by atoms with van der Waals surface area (Å²) >= 11 is 1.18. The van der Waals surface area contributed by atoms with Crippen molar-refractivity contribution in [1.82, 2.24) is 20.1 Å². The van der Waals surface area contributed by atoms with Gasteiger partial charge in [0.05, 0.1) is 24.3 Å². The molecule has 0 aliphatic rings. The van der Waals surface area contributed by atoms with Gasteiger partial charge in [-0.2, -0.15) is 0 Å². The summed E-state index contributed by atoms with van der Waals surface area (Å²) in [4.78, 5) is 35.3. The fourth-order valence-corrected chi connectivity index (χ4v) is 3.86. The average Bonchev–Trinajstić information content (AvgIpc) is 3.24. The molecule has 1 aromatic heterocycles. The number of nitrogens with one attached hydrogen (secondary N) is 2. The third kappa shape index (κ3) is 6.67. The van der Waals surface area contributed by atoms with E-state index in [1.54, 1.807) is 48.9 Å². The van der Waals surface area contributed by atoms with Crippen molar-refractivity contribution >= 4 is 35.0 Å². The number of carbonyl (C=O) groups is 2. The molecule has 2 aromatic carbocycles. The lowest BCUT2D eigenvalue weighted by Gasteiger charge is -2.10. The van der Waals surface area contributed by atoms with Crippen LogP contribution < -0.4 is 15.4 Å². The van der Waals surface area contributed by atoms with Gasteiger partial charge in [-0.05, 0) is 42.8 Å². The molecule has 0 saturated carbocycles. The maximum Gasteiger partial charge on any atom is 0.269 e. The maximum atomic E-state index is 12.4. The van der Waals surface area contributed by atoms with E-state index in [2.05, 4.69) is 27.4 Å². The number of ether oxygens (including phenoxy) is 1. The number of aryl methyl sites for hydroxylation is 1. The summed E-state index contributed by atoms with van der Waals surface area (Å²) in [6, 6.07) is 11.0. The van der Waals surface area contributed by atoms with E-state index >= 15 is 0 Å². The van der Waals surface area contributed by atoms with Gasteiger partial charge < -0.3 is 19.9 Å². The fraction of sp³-hybridized carbons (Fsp3) is 0.217. The molecule has 0 atom stereocenters. The van der Waals surface area contributed by atoms with Gasteiger partial charge in [0.25, 0.3) is 11.6 Å². The van der Waals surface area contributed by atoms with Gasteiger partial charge in [0.15, 0.2) is 11.0 Å². The van der Waals surface area contributed by atoms with Crippen LogP contribution in [-0.4, -0.2) is 44.4 Å². The molecule has 3 aromatic rings. The number of nitro benzene ring substituents is 1. The summed E-state index contributed by atoms with van der Waals surface area (Å²) in [6.07, 6.45) is 1.67. The van der Waals surface area contributed by atoms with Crippen molar-refractivity contribution < 1.29 is 19.2 Å². The number of hydrogen-bond donors (Lipinski definition) is 2. The van der Waals surface area contributed by atoms with Crippen molar-refractivity contribution in [2.45, 2.75) is 25.2 Å². The van der Waals surface area contributed by atoms with Gasteiger partial charge in [-0.25, -0.2) is 0 Å². The highest BCUT2D eigenvalue weighted by Crippen LogP contribution is 2.22. The standard InChI is InChI=1S/C23H24N6O5S/c1-4-11-28-20(13-24-22(31)16-5-8-18(34-3)9-6-16)26-27-23(28)35-14-21(30)25-19-10-7-17(29(32)33)12-15(19)2/h4-10,12H,1,11,13-14H2,2-3H3,(H,24,31)(H,25,30). The monoisotopic (exact) mass is 496 g/mol. The number of methoxy groups -OCH3 is 1. The van der Waals surface area contributed by atoms with Crippen LogP contribution in [0.25, 0.3) is 0 Å². The number of nitrogens with zero attached hydrogens (tertiary/aromatic N) is 4. The first kappa shape index (κ1) is 25.4. The Morgan fingerprint density at radius 1 is 1.23 bits per heavy atom. The predicted octanol–water partition coefficient (Wildman–Crippen LogP) is 3.35. The molecule has 11 nitrogen and oxygen atoms in total. The van der Waals surface area contributed by atoms with Crippen LogP contribution in [0.15, 0.2) is 60.3 Å². The summed E-state index contributed by atoms with van der Waals surface area (Å²) in [7, 11) is 1.55. The van der Waals surface area contributed by atoms with Crippen LogP contribution in [0.3, 0.4) is 0 Å². The molecule has 3 rings (SSSR count). The molecule has 0 aliphatic heterocycles. The number of thioether (sulfide) groups is 1. The van der Waals surface area contributed by atoms with E-state index in [0.29, 0.717) is 40.1 Å². The van der Waals surface area contributed by atoms with Crippen molar-refractivity contribution in [2.75, 3.05) is 18.2 Å². The molecule has 0 saturated heterocycles. The van der Waals surface area contributed by atoms with Crippen molar-refractivity contribution in [3.63, 3.8) is 0 Å². The molecular formula is C23H24N6O5S. The van der Waals surface area contributed by atoms with E-state index < -0.39 is 4.92 Å². The van der Waals surface area contributed by atoms with Gasteiger partial charge in [0.2, 0.25) is 5.91 Å². The lowest BCUT2D eigenvalue weighted by molar-refractivity contribution is -0.384. The molecular weight excluding hydrogens is 472 g/mol. The molecule has 182 valence electrons. The Labute approximate surface area is 205 Å². The zero-order valence-corrected chi connectivity index (χ0v) is 20.0. The highest BCUT2D eigenvalue weighted by atomic mass is 32.2. The topological polar surface area (TPSA) is 141 Å². The van der Waals surface area contributed by atoms with Crippen molar-refractivity contribution in [2.24, 2.45) is 0 Å². The SMILES string of the molecule is C=CCn1c(CNC(=O)c2ccc(OC)cc2)nnc1SCC(=O)Nc1ccc([N+](=O)[O-])cc1C. The molecule has 2 amide bonds. The maximum absolute atomic E-state index is 12.4. The average molecular weight is 497 g/mol. The Bertz CT molecular complexity index is 1240. The molecule has 35 heavy (non-hydrogen) atoms. The van der Waals surface area contributed by atoms with E-state index in [9.17, 15) is 19.7 Å². The highest BCUT2D eigenvalue weighted by Gasteiger charge is 2.16. The summed E-state index contributed by atoms with van der Waals surface area (Å²) < 4.78 is 6.86. The fourth-order valence-electron chi connectivity index (χ4n) is 3.09. The quantitative estimate of drug-likeness (QED) is 0.178. The van der Waals surface area contributed by atoms with E-state index in [4.69, 9.17) is 4.74 Å². The van der Waals surface area contributed by atoms with Gasteiger partial charge in [-0.1, -0.05) is 17.8 Å². The lowest BCUT2D eigenvalue weighted by atomic mass is 10.2. The number of allylic oxidation sites excluding steroid dienone is 1. The number of carbonyl (C=O) groups excluding carboxylic acids is 2. The van der Waals surface area contributed by atoms with Crippen LogP contribution >= 0.6 is 11.8 Å². The second-order valence-corrected chi connectivity index (χ2v) is 8.24. The second-order valence-electron chi connectivity index (χ2n) is 7.30. The third-order valence-corrected chi connectivity index (χ3v) is 5.86. The zero-order valence-electron chi connectivity index (χ0n) is 19.2. The minimum atomic E-state index is -0.488. The van der Waals surface area contributed by atoms with Gasteiger partial charge in [-0.15, -0.1) is 16.8 Å². The molecule has 2 N–H and O–H groups in total. The van der Waals surface area contributed by atoms with Crippen molar-refractivity contribution in [3.8, 4) is 5.75 Å². The Balaban J connectivity index is 1.60. The number of amides is 2. The second kappa shape index (κ2) is 11.8. The van der Waals surface area contributed by atoms with Gasteiger partial charge in [-0.3, -0.25) is 19.7 Å². The largest absolute Gasteiger partial charge is 0.497 e. The summed E-state index contributed by atoms with van der Waals surface area (Å²) in [5.74, 6) is 0.647. The minimum absolute atomic E-state index is 0.0426. The summed E-state index contributed by atoms with van der Waals surface area (Å²) in [5.41, 5.74) is 1.52. The number of hydrogen-bond acceptors (Lipinski definition) is 8. The third-order valence-electron chi connectivity index (χ3n) is 4.89. The number of benzene rings is 2. The van der Waals surface area contributed by atoms with Crippen LogP contribution in [0.4, 0.5) is 11.4 Å². The Kier molecular flexibility index (Phi) is 8.57. The molecule has 0 unspecified atom stereocenters. The molecule has 1 heterocycles.